The Labute approximate surface area is 124 Å². The van der Waals surface area contributed by atoms with Crippen LogP contribution in [0.1, 0.15) is 16.7 Å². The van der Waals surface area contributed by atoms with E-state index in [9.17, 15) is 8.42 Å². The van der Waals surface area contributed by atoms with Crippen LogP contribution in [0, 0.1) is 20.8 Å². The van der Waals surface area contributed by atoms with Gasteiger partial charge in [0.2, 0.25) is 0 Å². The lowest BCUT2D eigenvalue weighted by Crippen LogP contribution is -2.15. The number of anilines is 1. The first kappa shape index (κ1) is 14.9. The molecule has 0 radical (unpaired) electrons. The molecule has 0 aromatic heterocycles. The SMILES string of the molecule is Cc1cc(C)c(NS(=O)(=O)c2ccccc2C)c(Cl)c1. The van der Waals surface area contributed by atoms with Crippen LogP contribution in [0.3, 0.4) is 0 Å². The summed E-state index contributed by atoms with van der Waals surface area (Å²) in [7, 11) is -3.64. The smallest absolute Gasteiger partial charge is 0.262 e. The van der Waals surface area contributed by atoms with Gasteiger partial charge in [0, 0.05) is 0 Å². The normalized spacial score (nSPS) is 11.4. The highest BCUT2D eigenvalue weighted by Crippen LogP contribution is 2.30. The molecule has 1 N–H and O–H groups in total. The van der Waals surface area contributed by atoms with Crippen LogP contribution >= 0.6 is 11.6 Å². The van der Waals surface area contributed by atoms with Crippen molar-refractivity contribution in [3.8, 4) is 0 Å². The van der Waals surface area contributed by atoms with E-state index in [0.29, 0.717) is 16.3 Å². The Balaban J connectivity index is 2.47. The van der Waals surface area contributed by atoms with Crippen molar-refractivity contribution < 1.29 is 8.42 Å². The van der Waals surface area contributed by atoms with E-state index in [1.807, 2.05) is 19.9 Å². The maximum Gasteiger partial charge on any atom is 0.262 e. The molecule has 0 aliphatic heterocycles. The molecule has 0 heterocycles. The summed E-state index contributed by atoms with van der Waals surface area (Å²) in [5, 5.41) is 0.402. The van der Waals surface area contributed by atoms with Crippen LogP contribution in [-0.4, -0.2) is 8.42 Å². The summed E-state index contributed by atoms with van der Waals surface area (Å²) in [6.45, 7) is 5.51. The van der Waals surface area contributed by atoms with E-state index in [1.54, 1.807) is 37.3 Å². The van der Waals surface area contributed by atoms with Gasteiger partial charge < -0.3 is 0 Å². The van der Waals surface area contributed by atoms with Gasteiger partial charge in [0.05, 0.1) is 15.6 Å². The van der Waals surface area contributed by atoms with E-state index in [-0.39, 0.29) is 4.90 Å². The molecule has 0 aliphatic rings. The van der Waals surface area contributed by atoms with E-state index in [1.165, 1.54) is 0 Å². The molecule has 0 saturated heterocycles. The topological polar surface area (TPSA) is 46.2 Å². The minimum Gasteiger partial charge on any atom is -0.278 e. The predicted molar refractivity (Wildman–Crippen MR) is 82.9 cm³/mol. The fraction of sp³-hybridized carbons (Fsp3) is 0.200. The molecule has 106 valence electrons. The average molecular weight is 310 g/mol. The predicted octanol–water partition coefficient (Wildman–Crippen LogP) is 4.07. The Morgan fingerprint density at radius 3 is 2.25 bits per heavy atom. The average Bonchev–Trinajstić information content (AvgIpc) is 2.34. The van der Waals surface area contributed by atoms with Crippen molar-refractivity contribution in [3.63, 3.8) is 0 Å². The molecule has 3 nitrogen and oxygen atoms in total. The minimum atomic E-state index is -3.64. The Morgan fingerprint density at radius 2 is 1.65 bits per heavy atom. The van der Waals surface area contributed by atoms with E-state index in [4.69, 9.17) is 11.6 Å². The lowest BCUT2D eigenvalue weighted by molar-refractivity contribution is 0.600. The van der Waals surface area contributed by atoms with Gasteiger partial charge in [-0.1, -0.05) is 35.9 Å². The number of hydrogen-bond acceptors (Lipinski definition) is 2. The van der Waals surface area contributed by atoms with Crippen molar-refractivity contribution in [2.75, 3.05) is 4.72 Å². The van der Waals surface area contributed by atoms with E-state index in [2.05, 4.69) is 4.72 Å². The minimum absolute atomic E-state index is 0.260. The molecule has 0 saturated carbocycles. The van der Waals surface area contributed by atoms with Crippen LogP contribution < -0.4 is 4.72 Å². The molecule has 2 aromatic carbocycles. The van der Waals surface area contributed by atoms with Crippen molar-refractivity contribution in [2.24, 2.45) is 0 Å². The molecule has 2 rings (SSSR count). The zero-order chi connectivity index (χ0) is 14.9. The Hall–Kier alpha value is -1.52. The molecule has 0 amide bonds. The standard InChI is InChI=1S/C15H16ClNO2S/c1-10-8-12(3)15(13(16)9-10)17-20(18,19)14-7-5-4-6-11(14)2/h4-9,17H,1-3H3. The molecule has 2 aromatic rings. The Bertz CT molecular complexity index is 731. The molecule has 20 heavy (non-hydrogen) atoms. The first-order chi connectivity index (χ1) is 9.31. The molecule has 0 atom stereocenters. The van der Waals surface area contributed by atoms with Crippen LogP contribution in [0.4, 0.5) is 5.69 Å². The van der Waals surface area contributed by atoms with Crippen LogP contribution in [0.5, 0.6) is 0 Å². The number of aryl methyl sites for hydroxylation is 3. The van der Waals surface area contributed by atoms with Gasteiger partial charge in [0.1, 0.15) is 0 Å². The highest BCUT2D eigenvalue weighted by Gasteiger charge is 2.18. The molecule has 5 heteroatoms. The molecule has 0 unspecified atom stereocenters. The molecular weight excluding hydrogens is 294 g/mol. The summed E-state index contributed by atoms with van der Waals surface area (Å²) in [6.07, 6.45) is 0. The molecule has 0 aliphatic carbocycles. The van der Waals surface area contributed by atoms with Gasteiger partial charge in [-0.2, -0.15) is 0 Å². The van der Waals surface area contributed by atoms with Crippen molar-refractivity contribution in [1.82, 2.24) is 0 Å². The van der Waals surface area contributed by atoms with Gasteiger partial charge in [-0.05, 0) is 49.6 Å². The molecule has 0 bridgehead atoms. The quantitative estimate of drug-likeness (QED) is 0.929. The fourth-order valence-corrected chi connectivity index (χ4v) is 3.92. The second-order valence-corrected chi connectivity index (χ2v) is 6.87. The lowest BCUT2D eigenvalue weighted by Gasteiger charge is -2.14. The van der Waals surface area contributed by atoms with Crippen LogP contribution in [0.25, 0.3) is 0 Å². The number of benzene rings is 2. The van der Waals surface area contributed by atoms with Gasteiger partial charge >= 0.3 is 0 Å². The first-order valence-corrected chi connectivity index (χ1v) is 8.02. The second kappa shape index (κ2) is 5.46. The molecule has 0 spiro atoms. The zero-order valence-corrected chi connectivity index (χ0v) is 13.1. The Morgan fingerprint density at radius 1 is 1.00 bits per heavy atom. The summed E-state index contributed by atoms with van der Waals surface area (Å²) in [6, 6.07) is 10.5. The third-order valence-electron chi connectivity index (χ3n) is 3.05. The number of sulfonamides is 1. The third kappa shape index (κ3) is 2.97. The van der Waals surface area contributed by atoms with Gasteiger partial charge in [0.15, 0.2) is 0 Å². The van der Waals surface area contributed by atoms with Gasteiger partial charge in [0.25, 0.3) is 10.0 Å². The summed E-state index contributed by atoms with van der Waals surface area (Å²) in [4.78, 5) is 0.260. The number of hydrogen-bond donors (Lipinski definition) is 1. The maximum atomic E-state index is 12.4. The number of nitrogens with one attached hydrogen (secondary N) is 1. The first-order valence-electron chi connectivity index (χ1n) is 6.16. The zero-order valence-electron chi connectivity index (χ0n) is 11.6. The van der Waals surface area contributed by atoms with Crippen molar-refractivity contribution in [2.45, 2.75) is 25.7 Å². The highest BCUT2D eigenvalue weighted by molar-refractivity contribution is 7.92. The van der Waals surface area contributed by atoms with Crippen LogP contribution in [-0.2, 0) is 10.0 Å². The maximum absolute atomic E-state index is 12.4. The third-order valence-corrected chi connectivity index (χ3v) is 4.86. The highest BCUT2D eigenvalue weighted by atomic mass is 35.5. The summed E-state index contributed by atoms with van der Waals surface area (Å²) in [5.74, 6) is 0. The number of rotatable bonds is 3. The van der Waals surface area contributed by atoms with Crippen molar-refractivity contribution in [1.29, 1.82) is 0 Å². The fourth-order valence-electron chi connectivity index (χ4n) is 2.09. The summed E-state index contributed by atoms with van der Waals surface area (Å²) in [5.41, 5.74) is 2.92. The van der Waals surface area contributed by atoms with Crippen molar-refractivity contribution >= 4 is 27.3 Å². The van der Waals surface area contributed by atoms with E-state index >= 15 is 0 Å². The van der Waals surface area contributed by atoms with Crippen LogP contribution in [0.15, 0.2) is 41.3 Å². The van der Waals surface area contributed by atoms with E-state index < -0.39 is 10.0 Å². The summed E-state index contributed by atoms with van der Waals surface area (Å²) < 4.78 is 27.5. The largest absolute Gasteiger partial charge is 0.278 e. The van der Waals surface area contributed by atoms with Crippen LogP contribution in [0.2, 0.25) is 5.02 Å². The lowest BCUT2D eigenvalue weighted by atomic mass is 10.1. The number of halogens is 1. The van der Waals surface area contributed by atoms with Gasteiger partial charge in [-0.3, -0.25) is 4.72 Å². The van der Waals surface area contributed by atoms with E-state index in [0.717, 1.165) is 11.1 Å². The summed E-state index contributed by atoms with van der Waals surface area (Å²) >= 11 is 6.14. The second-order valence-electron chi connectivity index (χ2n) is 4.81. The van der Waals surface area contributed by atoms with Crippen molar-refractivity contribution in [3.05, 3.63) is 58.1 Å². The van der Waals surface area contributed by atoms with Gasteiger partial charge in [-0.25, -0.2) is 8.42 Å². The molecular formula is C15H16ClNO2S. The van der Waals surface area contributed by atoms with Gasteiger partial charge in [-0.15, -0.1) is 0 Å². The molecule has 0 fully saturated rings. The monoisotopic (exact) mass is 309 g/mol. The Kier molecular flexibility index (Phi) is 4.06.